The zero-order valence-electron chi connectivity index (χ0n) is 10.4. The molecule has 0 amide bonds. The number of rotatable bonds is 4. The van der Waals surface area contributed by atoms with Crippen LogP contribution in [0.1, 0.15) is 30.4 Å². The first-order valence-electron chi connectivity index (χ1n) is 6.30. The second kappa shape index (κ2) is 5.87. The summed E-state index contributed by atoms with van der Waals surface area (Å²) in [6, 6.07) is 8.35. The predicted octanol–water partition coefficient (Wildman–Crippen LogP) is 2.98. The average molecular weight is 232 g/mol. The summed E-state index contributed by atoms with van der Waals surface area (Å²) in [4.78, 5) is 0. The van der Waals surface area contributed by atoms with E-state index in [-0.39, 0.29) is 6.10 Å². The second-order valence-corrected chi connectivity index (χ2v) is 4.65. The van der Waals surface area contributed by atoms with Crippen molar-refractivity contribution in [3.63, 3.8) is 0 Å². The maximum Gasteiger partial charge on any atom is 0.0876 e. The molecule has 0 radical (unpaired) electrons. The van der Waals surface area contributed by atoms with Crippen molar-refractivity contribution in [1.29, 1.82) is 0 Å². The third-order valence-corrected chi connectivity index (χ3v) is 3.34. The first-order chi connectivity index (χ1) is 8.27. The summed E-state index contributed by atoms with van der Waals surface area (Å²) < 4.78 is 5.26. The van der Waals surface area contributed by atoms with Gasteiger partial charge in [-0.15, -0.1) is 0 Å². The number of ether oxygens (including phenoxy) is 1. The Morgan fingerprint density at radius 2 is 2.18 bits per heavy atom. The predicted molar refractivity (Wildman–Crippen MR) is 68.8 cm³/mol. The standard InChI is InChI=1S/C15H20O2/c1-12-5-2-3-6-13(12)8-9-15(16)14-7-4-10-17-11-14/h2-3,5-6,11,15-16H,4,7-10H2,1H3. The van der Waals surface area contributed by atoms with Crippen molar-refractivity contribution in [2.75, 3.05) is 6.61 Å². The van der Waals surface area contributed by atoms with E-state index in [1.165, 1.54) is 11.1 Å². The van der Waals surface area contributed by atoms with Gasteiger partial charge in [0, 0.05) is 0 Å². The van der Waals surface area contributed by atoms with Crippen molar-refractivity contribution in [1.82, 2.24) is 0 Å². The molecule has 1 N–H and O–H groups in total. The van der Waals surface area contributed by atoms with E-state index in [1.54, 1.807) is 6.26 Å². The molecule has 0 saturated heterocycles. The normalized spacial score (nSPS) is 17.2. The molecule has 0 saturated carbocycles. The first-order valence-corrected chi connectivity index (χ1v) is 6.30. The highest BCUT2D eigenvalue weighted by molar-refractivity contribution is 5.26. The molecule has 0 aliphatic carbocycles. The molecular weight excluding hydrogens is 212 g/mol. The number of aryl methyl sites for hydroxylation is 2. The molecular formula is C15H20O2. The fraction of sp³-hybridized carbons (Fsp3) is 0.467. The monoisotopic (exact) mass is 232 g/mol. The Hall–Kier alpha value is -1.28. The molecule has 1 atom stereocenters. The van der Waals surface area contributed by atoms with E-state index in [2.05, 4.69) is 25.1 Å². The van der Waals surface area contributed by atoms with E-state index in [9.17, 15) is 5.11 Å². The number of aliphatic hydroxyl groups is 1. The molecule has 1 aromatic carbocycles. The lowest BCUT2D eigenvalue weighted by atomic mass is 9.96. The highest BCUT2D eigenvalue weighted by Gasteiger charge is 2.14. The van der Waals surface area contributed by atoms with Crippen molar-refractivity contribution in [3.05, 3.63) is 47.2 Å². The molecule has 0 aromatic heterocycles. The van der Waals surface area contributed by atoms with Crippen molar-refractivity contribution in [2.24, 2.45) is 0 Å². The molecule has 1 unspecified atom stereocenters. The van der Waals surface area contributed by atoms with Crippen LogP contribution in [0.5, 0.6) is 0 Å². The van der Waals surface area contributed by atoms with E-state index >= 15 is 0 Å². The molecule has 2 rings (SSSR count). The largest absolute Gasteiger partial charge is 0.501 e. The lowest BCUT2D eigenvalue weighted by Gasteiger charge is -2.19. The smallest absolute Gasteiger partial charge is 0.0876 e. The Bertz CT molecular complexity index is 396. The van der Waals surface area contributed by atoms with Gasteiger partial charge in [0.25, 0.3) is 0 Å². The quantitative estimate of drug-likeness (QED) is 0.864. The highest BCUT2D eigenvalue weighted by Crippen LogP contribution is 2.20. The van der Waals surface area contributed by atoms with E-state index in [1.807, 2.05) is 6.07 Å². The molecule has 1 heterocycles. The number of aliphatic hydroxyl groups excluding tert-OH is 1. The van der Waals surface area contributed by atoms with Crippen LogP contribution >= 0.6 is 0 Å². The van der Waals surface area contributed by atoms with Crippen LogP contribution in [0, 0.1) is 6.92 Å². The van der Waals surface area contributed by atoms with Crippen molar-refractivity contribution >= 4 is 0 Å². The third-order valence-electron chi connectivity index (χ3n) is 3.34. The molecule has 0 fully saturated rings. The van der Waals surface area contributed by atoms with Gasteiger partial charge in [-0.2, -0.15) is 0 Å². The molecule has 1 aromatic rings. The Morgan fingerprint density at radius 3 is 2.88 bits per heavy atom. The van der Waals surface area contributed by atoms with Gasteiger partial charge in [0.2, 0.25) is 0 Å². The van der Waals surface area contributed by atoms with Gasteiger partial charge in [0.05, 0.1) is 19.0 Å². The van der Waals surface area contributed by atoms with Gasteiger partial charge < -0.3 is 9.84 Å². The van der Waals surface area contributed by atoms with Crippen LogP contribution in [-0.2, 0) is 11.2 Å². The minimum Gasteiger partial charge on any atom is -0.501 e. The van der Waals surface area contributed by atoms with Gasteiger partial charge >= 0.3 is 0 Å². The molecule has 17 heavy (non-hydrogen) atoms. The van der Waals surface area contributed by atoms with E-state index in [0.29, 0.717) is 0 Å². The van der Waals surface area contributed by atoms with Gasteiger partial charge in [-0.3, -0.25) is 0 Å². The zero-order chi connectivity index (χ0) is 12.1. The molecule has 1 aliphatic heterocycles. The highest BCUT2D eigenvalue weighted by atomic mass is 16.5. The first kappa shape index (κ1) is 12.2. The molecule has 0 bridgehead atoms. The molecule has 92 valence electrons. The van der Waals surface area contributed by atoms with Crippen LogP contribution in [0.2, 0.25) is 0 Å². The van der Waals surface area contributed by atoms with Crippen LogP contribution < -0.4 is 0 Å². The van der Waals surface area contributed by atoms with Crippen LogP contribution in [0.15, 0.2) is 36.1 Å². The molecule has 1 aliphatic rings. The summed E-state index contributed by atoms with van der Waals surface area (Å²) in [5.41, 5.74) is 3.67. The van der Waals surface area contributed by atoms with Crippen LogP contribution in [0.3, 0.4) is 0 Å². The van der Waals surface area contributed by atoms with Crippen LogP contribution in [0.4, 0.5) is 0 Å². The van der Waals surface area contributed by atoms with E-state index in [0.717, 1.165) is 37.9 Å². The summed E-state index contributed by atoms with van der Waals surface area (Å²) >= 11 is 0. The van der Waals surface area contributed by atoms with Crippen molar-refractivity contribution < 1.29 is 9.84 Å². The lowest BCUT2D eigenvalue weighted by molar-refractivity contribution is 0.162. The summed E-state index contributed by atoms with van der Waals surface area (Å²) in [5.74, 6) is 0. The van der Waals surface area contributed by atoms with E-state index in [4.69, 9.17) is 4.74 Å². The zero-order valence-corrected chi connectivity index (χ0v) is 10.4. The van der Waals surface area contributed by atoms with Gasteiger partial charge in [0.15, 0.2) is 0 Å². The Kier molecular flexibility index (Phi) is 4.21. The number of hydrogen-bond donors (Lipinski definition) is 1. The van der Waals surface area contributed by atoms with Gasteiger partial charge in [-0.05, 0) is 49.3 Å². The topological polar surface area (TPSA) is 29.5 Å². The van der Waals surface area contributed by atoms with E-state index < -0.39 is 0 Å². The fourth-order valence-electron chi connectivity index (χ4n) is 2.20. The Labute approximate surface area is 103 Å². The Morgan fingerprint density at radius 1 is 1.35 bits per heavy atom. The minimum absolute atomic E-state index is 0.352. The maximum atomic E-state index is 10.1. The van der Waals surface area contributed by atoms with Crippen molar-refractivity contribution in [2.45, 2.75) is 38.7 Å². The van der Waals surface area contributed by atoms with Gasteiger partial charge in [-0.25, -0.2) is 0 Å². The summed E-state index contributed by atoms with van der Waals surface area (Å²) in [7, 11) is 0. The number of hydrogen-bond acceptors (Lipinski definition) is 2. The Balaban J connectivity index is 1.89. The summed E-state index contributed by atoms with van der Waals surface area (Å²) in [6.45, 7) is 2.90. The average Bonchev–Trinajstić information content (AvgIpc) is 2.38. The third kappa shape index (κ3) is 3.34. The summed E-state index contributed by atoms with van der Waals surface area (Å²) in [6.07, 6.45) is 5.08. The van der Waals surface area contributed by atoms with Crippen LogP contribution in [-0.4, -0.2) is 17.8 Å². The molecule has 0 spiro atoms. The number of benzene rings is 1. The summed E-state index contributed by atoms with van der Waals surface area (Å²) in [5, 5.41) is 10.1. The van der Waals surface area contributed by atoms with Gasteiger partial charge in [-0.1, -0.05) is 24.3 Å². The SMILES string of the molecule is Cc1ccccc1CCC(O)C1=COCCC1. The van der Waals surface area contributed by atoms with Crippen LogP contribution in [0.25, 0.3) is 0 Å². The minimum atomic E-state index is -0.352. The molecule has 2 heteroatoms. The lowest BCUT2D eigenvalue weighted by Crippen LogP contribution is -2.15. The second-order valence-electron chi connectivity index (χ2n) is 4.65. The maximum absolute atomic E-state index is 10.1. The fourth-order valence-corrected chi connectivity index (χ4v) is 2.20. The van der Waals surface area contributed by atoms with Crippen molar-refractivity contribution in [3.8, 4) is 0 Å². The van der Waals surface area contributed by atoms with Gasteiger partial charge in [0.1, 0.15) is 0 Å². The molecule has 2 nitrogen and oxygen atoms in total.